The molecular formula is C13H22N6O. The molecule has 4 N–H and O–H groups in total. The number of rotatable bonds is 3. The van der Waals surface area contributed by atoms with E-state index in [0.29, 0.717) is 5.95 Å². The molecule has 7 heteroatoms. The van der Waals surface area contributed by atoms with E-state index in [0.717, 1.165) is 57.2 Å². The molecular weight excluding hydrogens is 256 g/mol. The van der Waals surface area contributed by atoms with Gasteiger partial charge in [0, 0.05) is 38.8 Å². The van der Waals surface area contributed by atoms with Gasteiger partial charge in [0.15, 0.2) is 0 Å². The minimum Gasteiger partial charge on any atom is -0.394 e. The number of aliphatic hydroxyl groups excluding tert-OH is 1. The van der Waals surface area contributed by atoms with Crippen LogP contribution in [0, 0.1) is 0 Å². The van der Waals surface area contributed by atoms with E-state index < -0.39 is 0 Å². The van der Waals surface area contributed by atoms with E-state index >= 15 is 0 Å². The van der Waals surface area contributed by atoms with E-state index in [1.165, 1.54) is 0 Å². The summed E-state index contributed by atoms with van der Waals surface area (Å²) < 4.78 is 0. The fourth-order valence-electron chi connectivity index (χ4n) is 2.97. The van der Waals surface area contributed by atoms with Crippen LogP contribution in [0.1, 0.15) is 12.8 Å². The zero-order chi connectivity index (χ0) is 13.9. The van der Waals surface area contributed by atoms with Crippen molar-refractivity contribution in [3.05, 3.63) is 6.07 Å². The molecule has 2 saturated heterocycles. The quantitative estimate of drug-likeness (QED) is 0.682. The highest BCUT2D eigenvalue weighted by Crippen LogP contribution is 2.27. The number of nitrogens with two attached hydrogens (primary N) is 1. The molecule has 0 aromatic carbocycles. The van der Waals surface area contributed by atoms with Gasteiger partial charge in [-0.15, -0.1) is 0 Å². The molecule has 0 radical (unpaired) electrons. The van der Waals surface area contributed by atoms with Crippen molar-refractivity contribution in [2.45, 2.75) is 18.9 Å². The number of nitrogens with zero attached hydrogens (tertiary/aromatic N) is 4. The van der Waals surface area contributed by atoms with Crippen molar-refractivity contribution in [3.8, 4) is 0 Å². The van der Waals surface area contributed by atoms with E-state index in [-0.39, 0.29) is 12.6 Å². The van der Waals surface area contributed by atoms with Crippen molar-refractivity contribution in [2.24, 2.45) is 0 Å². The summed E-state index contributed by atoms with van der Waals surface area (Å²) >= 11 is 0. The normalized spacial score (nSPS) is 23.4. The zero-order valence-corrected chi connectivity index (χ0v) is 11.6. The summed E-state index contributed by atoms with van der Waals surface area (Å²) in [6.07, 6.45) is 2.08. The topological polar surface area (TPSA) is 90.5 Å². The molecule has 1 aromatic heterocycles. The number of aromatic nitrogens is 2. The summed E-state index contributed by atoms with van der Waals surface area (Å²) in [5.74, 6) is 2.03. The summed E-state index contributed by atoms with van der Waals surface area (Å²) in [7, 11) is 0. The first-order valence-electron chi connectivity index (χ1n) is 7.25. The minimum absolute atomic E-state index is 0.153. The first kappa shape index (κ1) is 13.4. The van der Waals surface area contributed by atoms with E-state index in [9.17, 15) is 5.11 Å². The maximum Gasteiger partial charge on any atom is 0.223 e. The molecule has 0 unspecified atom stereocenters. The van der Waals surface area contributed by atoms with Gasteiger partial charge in [0.1, 0.15) is 11.6 Å². The van der Waals surface area contributed by atoms with Gasteiger partial charge in [-0.2, -0.15) is 9.97 Å². The summed E-state index contributed by atoms with van der Waals surface area (Å²) in [4.78, 5) is 13.1. The summed E-state index contributed by atoms with van der Waals surface area (Å²) in [6.45, 7) is 4.86. The van der Waals surface area contributed by atoms with Crippen LogP contribution in [0.5, 0.6) is 0 Å². The summed E-state index contributed by atoms with van der Waals surface area (Å²) in [5.41, 5.74) is 5.87. The molecule has 1 atom stereocenters. The lowest BCUT2D eigenvalue weighted by molar-refractivity contribution is 0.266. The van der Waals surface area contributed by atoms with Crippen molar-refractivity contribution in [1.82, 2.24) is 15.3 Å². The first-order valence-corrected chi connectivity index (χ1v) is 7.25. The van der Waals surface area contributed by atoms with Gasteiger partial charge in [0.05, 0.1) is 12.6 Å². The molecule has 3 rings (SSSR count). The van der Waals surface area contributed by atoms with Crippen LogP contribution >= 0.6 is 0 Å². The predicted molar refractivity (Wildman–Crippen MR) is 79.0 cm³/mol. The van der Waals surface area contributed by atoms with Crippen LogP contribution in [0.4, 0.5) is 17.6 Å². The molecule has 0 spiro atoms. The van der Waals surface area contributed by atoms with Gasteiger partial charge < -0.3 is 26.0 Å². The Bertz CT molecular complexity index is 462. The second-order valence-electron chi connectivity index (χ2n) is 5.35. The number of piperazine rings is 1. The molecule has 0 aliphatic carbocycles. The van der Waals surface area contributed by atoms with Gasteiger partial charge in [0.2, 0.25) is 5.95 Å². The molecule has 0 bridgehead atoms. The molecule has 3 heterocycles. The lowest BCUT2D eigenvalue weighted by Crippen LogP contribution is -2.44. The van der Waals surface area contributed by atoms with Crippen LogP contribution < -0.4 is 20.9 Å². The van der Waals surface area contributed by atoms with Crippen molar-refractivity contribution in [1.29, 1.82) is 0 Å². The van der Waals surface area contributed by atoms with Crippen LogP contribution in [0.2, 0.25) is 0 Å². The van der Waals surface area contributed by atoms with Crippen molar-refractivity contribution >= 4 is 17.6 Å². The van der Waals surface area contributed by atoms with E-state index in [1.807, 2.05) is 6.07 Å². The van der Waals surface area contributed by atoms with Gasteiger partial charge in [-0.25, -0.2) is 0 Å². The molecule has 1 aromatic rings. The fraction of sp³-hybridized carbons (Fsp3) is 0.692. The molecule has 2 aliphatic heterocycles. The highest BCUT2D eigenvalue weighted by molar-refractivity contribution is 5.55. The third-order valence-electron chi connectivity index (χ3n) is 4.04. The molecule has 7 nitrogen and oxygen atoms in total. The van der Waals surface area contributed by atoms with E-state index in [1.54, 1.807) is 0 Å². The summed E-state index contributed by atoms with van der Waals surface area (Å²) in [5, 5.41) is 12.8. The molecule has 110 valence electrons. The Balaban J connectivity index is 1.86. The van der Waals surface area contributed by atoms with Gasteiger partial charge in [-0.05, 0) is 12.8 Å². The maximum atomic E-state index is 9.45. The van der Waals surface area contributed by atoms with Crippen LogP contribution in [0.15, 0.2) is 6.07 Å². The van der Waals surface area contributed by atoms with E-state index in [4.69, 9.17) is 5.73 Å². The van der Waals surface area contributed by atoms with Crippen LogP contribution in [-0.4, -0.2) is 60.4 Å². The number of hydrogen-bond acceptors (Lipinski definition) is 7. The Labute approximate surface area is 118 Å². The fourth-order valence-corrected chi connectivity index (χ4v) is 2.97. The lowest BCUT2D eigenvalue weighted by atomic mass is 10.2. The zero-order valence-electron chi connectivity index (χ0n) is 11.6. The maximum absolute atomic E-state index is 9.45. The highest BCUT2D eigenvalue weighted by atomic mass is 16.3. The van der Waals surface area contributed by atoms with Gasteiger partial charge in [0.25, 0.3) is 0 Å². The Kier molecular flexibility index (Phi) is 3.88. The average molecular weight is 278 g/mol. The van der Waals surface area contributed by atoms with Gasteiger partial charge in [-0.3, -0.25) is 0 Å². The predicted octanol–water partition coefficient (Wildman–Crippen LogP) is -0.570. The molecule has 2 fully saturated rings. The minimum atomic E-state index is 0.153. The largest absolute Gasteiger partial charge is 0.394 e. The smallest absolute Gasteiger partial charge is 0.223 e. The standard InChI is InChI=1S/C13H22N6O/c14-13-16-11(18-6-3-15-4-7-18)8-12(17-13)19-5-1-2-10(19)9-20/h8,10,15,20H,1-7,9H2,(H2,14,16,17)/t10-/m0/s1. The van der Waals surface area contributed by atoms with Crippen molar-refractivity contribution < 1.29 is 5.11 Å². The highest BCUT2D eigenvalue weighted by Gasteiger charge is 2.26. The second kappa shape index (κ2) is 5.80. The van der Waals surface area contributed by atoms with Gasteiger partial charge >= 0.3 is 0 Å². The number of hydrogen-bond donors (Lipinski definition) is 3. The third kappa shape index (κ3) is 2.64. The Morgan fingerprint density at radius 3 is 2.75 bits per heavy atom. The number of aliphatic hydroxyl groups is 1. The monoisotopic (exact) mass is 278 g/mol. The Hall–Kier alpha value is -1.60. The molecule has 0 amide bonds. The van der Waals surface area contributed by atoms with E-state index in [2.05, 4.69) is 25.1 Å². The number of nitrogen functional groups attached to an aromatic ring is 1. The number of anilines is 3. The third-order valence-corrected chi connectivity index (χ3v) is 4.04. The Morgan fingerprint density at radius 2 is 2.00 bits per heavy atom. The van der Waals surface area contributed by atoms with Crippen LogP contribution in [0.3, 0.4) is 0 Å². The van der Waals surface area contributed by atoms with Crippen molar-refractivity contribution in [2.75, 3.05) is 54.9 Å². The van der Waals surface area contributed by atoms with Crippen molar-refractivity contribution in [3.63, 3.8) is 0 Å². The number of nitrogens with one attached hydrogen (secondary N) is 1. The lowest BCUT2D eigenvalue weighted by Gasteiger charge is -2.30. The van der Waals surface area contributed by atoms with Gasteiger partial charge in [-0.1, -0.05) is 0 Å². The molecule has 20 heavy (non-hydrogen) atoms. The van der Waals surface area contributed by atoms with Crippen LogP contribution in [0.25, 0.3) is 0 Å². The first-order chi connectivity index (χ1) is 9.78. The van der Waals surface area contributed by atoms with Crippen LogP contribution in [-0.2, 0) is 0 Å². The SMILES string of the molecule is Nc1nc(N2CCNCC2)cc(N2CCC[C@H]2CO)n1. The average Bonchev–Trinajstić information content (AvgIpc) is 2.96. The second-order valence-corrected chi connectivity index (χ2v) is 5.35. The Morgan fingerprint density at radius 1 is 1.25 bits per heavy atom. The molecule has 2 aliphatic rings. The molecule has 0 saturated carbocycles. The summed E-state index contributed by atoms with van der Waals surface area (Å²) in [6, 6.07) is 2.15.